The molecular formula is C30H32P2Te2. The predicted octanol–water partition coefficient (Wildman–Crippen LogP) is 6.05. The Balaban J connectivity index is 1.39. The molecule has 0 fully saturated rings. The third kappa shape index (κ3) is 6.55. The van der Waals surface area contributed by atoms with E-state index < -0.39 is 8.98 Å². The molecule has 4 aromatic rings. The van der Waals surface area contributed by atoms with Crippen molar-refractivity contribution in [3.63, 3.8) is 0 Å². The summed E-state index contributed by atoms with van der Waals surface area (Å²) >= 11 is 4.88. The fourth-order valence-electron chi connectivity index (χ4n) is 4.51. The van der Waals surface area contributed by atoms with Crippen LogP contribution in [0.1, 0.15) is 25.7 Å². The van der Waals surface area contributed by atoms with Crippen LogP contribution in [0, 0.1) is 0 Å². The standard InChI is InChI=1S/C30H32P2Te2/c33-31(27-17-7-3-8-18-27,28-19-9-4-10-20-28)25-15-1-2-16-26-32(34,29-21-11-5-12-22-29)30-23-13-6-14-24-30/h3-14,17-24H,1-2,15-16,25-26H2. The molecule has 0 nitrogen and oxygen atoms in total. The molecule has 0 aliphatic heterocycles. The Kier molecular flexibility index (Phi) is 10.1. The van der Waals surface area contributed by atoms with E-state index in [0.717, 1.165) is 0 Å². The maximum absolute atomic E-state index is 2.44. The van der Waals surface area contributed by atoms with Gasteiger partial charge in [-0.1, -0.05) is 0 Å². The van der Waals surface area contributed by atoms with E-state index in [1.807, 2.05) is 0 Å². The minimum atomic E-state index is -1.33. The van der Waals surface area contributed by atoms with Crippen LogP contribution in [-0.2, 0) is 0 Å². The molecule has 174 valence electrons. The summed E-state index contributed by atoms with van der Waals surface area (Å²) in [6.45, 7) is 0. The van der Waals surface area contributed by atoms with E-state index in [1.54, 1.807) is 0 Å². The van der Waals surface area contributed by atoms with E-state index in [2.05, 4.69) is 164 Å². The van der Waals surface area contributed by atoms with Gasteiger partial charge >= 0.3 is 232 Å². The molecule has 0 amide bonds. The summed E-state index contributed by atoms with van der Waals surface area (Å²) in [6, 6.07) is 45.0. The van der Waals surface area contributed by atoms with Gasteiger partial charge in [0.15, 0.2) is 0 Å². The first-order valence-electron chi connectivity index (χ1n) is 12.0. The van der Waals surface area contributed by atoms with Gasteiger partial charge in [0.05, 0.1) is 0 Å². The van der Waals surface area contributed by atoms with E-state index >= 15 is 0 Å². The van der Waals surface area contributed by atoms with Crippen LogP contribution < -0.4 is 21.2 Å². The van der Waals surface area contributed by atoms with Gasteiger partial charge in [0, 0.05) is 0 Å². The van der Waals surface area contributed by atoms with Gasteiger partial charge in [-0.25, -0.2) is 0 Å². The van der Waals surface area contributed by atoms with Gasteiger partial charge in [-0.3, -0.25) is 0 Å². The van der Waals surface area contributed by atoms with Crippen molar-refractivity contribution >= 4 is 72.7 Å². The SMILES string of the molecule is [Te]=P(CCCCCCP(=[Te])(c1ccccc1)c1ccccc1)(c1ccccc1)c1ccccc1. The van der Waals surface area contributed by atoms with E-state index in [0.29, 0.717) is 0 Å². The second-order valence-electron chi connectivity index (χ2n) is 8.68. The van der Waals surface area contributed by atoms with Crippen LogP contribution in [0.4, 0.5) is 0 Å². The Labute approximate surface area is 230 Å². The molecule has 0 unspecified atom stereocenters. The molecule has 0 aliphatic carbocycles. The van der Waals surface area contributed by atoms with Gasteiger partial charge in [0.2, 0.25) is 0 Å². The van der Waals surface area contributed by atoms with Crippen LogP contribution in [0.3, 0.4) is 0 Å². The zero-order valence-corrected chi connectivity index (χ0v) is 26.0. The van der Waals surface area contributed by atoms with Crippen molar-refractivity contribution in [3.8, 4) is 0 Å². The summed E-state index contributed by atoms with van der Waals surface area (Å²) in [7, 11) is 0. The molecule has 0 aliphatic rings. The van der Waals surface area contributed by atoms with Crippen LogP contribution in [0.15, 0.2) is 121 Å². The number of rotatable bonds is 11. The predicted molar refractivity (Wildman–Crippen MR) is 158 cm³/mol. The average Bonchev–Trinajstić information content (AvgIpc) is 2.92. The van der Waals surface area contributed by atoms with Crippen molar-refractivity contribution in [1.82, 2.24) is 0 Å². The maximum atomic E-state index is 2.44. The molecule has 4 aromatic carbocycles. The summed E-state index contributed by atoms with van der Waals surface area (Å²) in [5.74, 6) is 0. The second kappa shape index (κ2) is 13.0. The molecule has 0 radical (unpaired) electrons. The molecule has 0 saturated carbocycles. The summed E-state index contributed by atoms with van der Waals surface area (Å²) in [5, 5.41) is 6.16. The Morgan fingerprint density at radius 1 is 0.353 bits per heavy atom. The zero-order valence-electron chi connectivity index (χ0n) is 19.5. The topological polar surface area (TPSA) is 0 Å². The first-order chi connectivity index (χ1) is 16.6. The van der Waals surface area contributed by atoms with E-state index in [-0.39, 0.29) is 0 Å². The summed E-state index contributed by atoms with van der Waals surface area (Å²) in [6.07, 6.45) is 7.86. The normalized spacial score (nSPS) is 11.9. The van der Waals surface area contributed by atoms with Crippen LogP contribution in [-0.4, -0.2) is 54.8 Å². The molecule has 0 aromatic heterocycles. The number of unbranched alkanes of at least 4 members (excludes halogenated alkanes) is 3. The Bertz CT molecular complexity index is 1050. The number of hydrogen-bond donors (Lipinski definition) is 0. The molecule has 0 bridgehead atoms. The third-order valence-electron chi connectivity index (χ3n) is 6.39. The third-order valence-corrected chi connectivity index (χ3v) is 23.2. The van der Waals surface area contributed by atoms with Crippen molar-refractivity contribution in [3.05, 3.63) is 121 Å². The van der Waals surface area contributed by atoms with Crippen LogP contribution >= 0.6 is 8.98 Å². The zero-order chi connectivity index (χ0) is 23.7. The number of benzene rings is 4. The van der Waals surface area contributed by atoms with E-state index in [9.17, 15) is 0 Å². The fraction of sp³-hybridized carbons (Fsp3) is 0.200. The minimum absolute atomic E-state index is 1.30. The van der Waals surface area contributed by atoms with Crippen LogP contribution in [0.5, 0.6) is 0 Å². The van der Waals surface area contributed by atoms with Crippen molar-refractivity contribution < 1.29 is 0 Å². The monoisotopic (exact) mass is 714 g/mol. The van der Waals surface area contributed by atoms with Gasteiger partial charge in [-0.05, 0) is 0 Å². The summed E-state index contributed by atoms with van der Waals surface area (Å²) in [4.78, 5) is 0. The molecular weight excluding hydrogens is 677 g/mol. The van der Waals surface area contributed by atoms with E-state index in [1.165, 1.54) is 59.2 Å². The van der Waals surface area contributed by atoms with Gasteiger partial charge in [0.25, 0.3) is 0 Å². The molecule has 0 N–H and O–H groups in total. The van der Waals surface area contributed by atoms with Crippen molar-refractivity contribution in [1.29, 1.82) is 0 Å². The Morgan fingerprint density at radius 2 is 0.588 bits per heavy atom. The average molecular weight is 710 g/mol. The first kappa shape index (κ1) is 26.4. The van der Waals surface area contributed by atoms with Crippen molar-refractivity contribution in [2.24, 2.45) is 0 Å². The number of hydrogen-bond acceptors (Lipinski definition) is 0. The van der Waals surface area contributed by atoms with Gasteiger partial charge in [-0.2, -0.15) is 0 Å². The van der Waals surface area contributed by atoms with Crippen LogP contribution in [0.2, 0.25) is 0 Å². The first-order valence-corrected chi connectivity index (χ1v) is 22.1. The molecule has 4 rings (SSSR count). The molecule has 4 heteroatoms. The van der Waals surface area contributed by atoms with Gasteiger partial charge < -0.3 is 0 Å². The van der Waals surface area contributed by atoms with Crippen molar-refractivity contribution in [2.75, 3.05) is 12.3 Å². The Morgan fingerprint density at radius 3 is 0.824 bits per heavy atom. The van der Waals surface area contributed by atoms with Crippen molar-refractivity contribution in [2.45, 2.75) is 25.7 Å². The van der Waals surface area contributed by atoms with Gasteiger partial charge in [-0.15, -0.1) is 0 Å². The Hall–Kier alpha value is -0.681. The molecule has 34 heavy (non-hydrogen) atoms. The quantitative estimate of drug-likeness (QED) is 0.101. The second-order valence-corrected chi connectivity index (χ2v) is 25.3. The molecule has 0 atom stereocenters. The summed E-state index contributed by atoms with van der Waals surface area (Å²) in [5.41, 5.74) is 0. The van der Waals surface area contributed by atoms with Gasteiger partial charge in [0.1, 0.15) is 0 Å². The summed E-state index contributed by atoms with van der Waals surface area (Å²) < 4.78 is -2.67. The van der Waals surface area contributed by atoms with E-state index in [4.69, 9.17) is 0 Å². The molecule has 0 heterocycles. The van der Waals surface area contributed by atoms with Crippen LogP contribution in [0.25, 0.3) is 0 Å². The molecule has 0 saturated heterocycles. The molecule has 0 spiro atoms. The fourth-order valence-corrected chi connectivity index (χ4v) is 16.5.